The van der Waals surface area contributed by atoms with Gasteiger partial charge in [-0.15, -0.1) is 0 Å². The van der Waals surface area contributed by atoms with E-state index in [1.807, 2.05) is 38.1 Å². The molecule has 1 heterocycles. The van der Waals surface area contributed by atoms with Gasteiger partial charge in [0, 0.05) is 5.56 Å². The monoisotopic (exact) mass is 250 g/mol. The summed E-state index contributed by atoms with van der Waals surface area (Å²) < 4.78 is 16.1. The maximum atomic E-state index is 11.2. The first-order valence-corrected chi connectivity index (χ1v) is 5.99. The molecule has 1 saturated heterocycles. The van der Waals surface area contributed by atoms with Gasteiger partial charge in [0.1, 0.15) is 0 Å². The predicted molar refractivity (Wildman–Crippen MR) is 66.0 cm³/mol. The van der Waals surface area contributed by atoms with Crippen LogP contribution in [-0.2, 0) is 24.8 Å². The first-order valence-electron chi connectivity index (χ1n) is 5.99. The number of carbonyl (C=O) groups is 1. The fourth-order valence-electron chi connectivity index (χ4n) is 2.02. The first-order chi connectivity index (χ1) is 8.53. The molecule has 18 heavy (non-hydrogen) atoms. The summed E-state index contributed by atoms with van der Waals surface area (Å²) in [7, 11) is 1.37. The molecule has 4 heteroatoms. The Labute approximate surface area is 107 Å². The molecule has 1 aliphatic heterocycles. The molecule has 0 spiro atoms. The molecule has 2 rings (SSSR count). The molecule has 2 unspecified atom stereocenters. The Bertz CT molecular complexity index is 426. The lowest BCUT2D eigenvalue weighted by Gasteiger charge is -2.23. The quantitative estimate of drug-likeness (QED) is 0.771. The van der Waals surface area contributed by atoms with Crippen molar-refractivity contribution < 1.29 is 19.0 Å². The number of benzene rings is 1. The molecule has 2 atom stereocenters. The minimum Gasteiger partial charge on any atom is -0.469 e. The second-order valence-electron chi connectivity index (χ2n) is 4.64. The molecule has 0 aliphatic carbocycles. The average Bonchev–Trinajstić information content (AvgIpc) is 2.72. The molecule has 0 radical (unpaired) electrons. The first kappa shape index (κ1) is 13.1. The van der Waals surface area contributed by atoms with Crippen molar-refractivity contribution >= 4 is 5.97 Å². The van der Waals surface area contributed by atoms with Crippen LogP contribution in [-0.4, -0.2) is 25.8 Å². The van der Waals surface area contributed by atoms with E-state index in [1.54, 1.807) is 0 Å². The number of aryl methyl sites for hydroxylation is 1. The van der Waals surface area contributed by atoms with Gasteiger partial charge in [-0.25, -0.2) is 0 Å². The standard InChI is InChI=1S/C14H18O4/c1-10-4-6-11(7-5-10)14(2)17-9-12(18-14)8-13(15)16-3/h4-7,12H,8-9H2,1-3H3. The average molecular weight is 250 g/mol. The van der Waals surface area contributed by atoms with Gasteiger partial charge in [-0.1, -0.05) is 29.8 Å². The van der Waals surface area contributed by atoms with E-state index in [2.05, 4.69) is 4.74 Å². The summed E-state index contributed by atoms with van der Waals surface area (Å²) in [6, 6.07) is 7.99. The van der Waals surface area contributed by atoms with E-state index in [0.717, 1.165) is 5.56 Å². The van der Waals surface area contributed by atoms with Gasteiger partial charge in [0.05, 0.1) is 26.2 Å². The zero-order valence-electron chi connectivity index (χ0n) is 10.9. The van der Waals surface area contributed by atoms with Crippen LogP contribution in [0.2, 0.25) is 0 Å². The second kappa shape index (κ2) is 5.08. The molecule has 0 saturated carbocycles. The van der Waals surface area contributed by atoms with E-state index >= 15 is 0 Å². The van der Waals surface area contributed by atoms with Crippen LogP contribution >= 0.6 is 0 Å². The zero-order chi connectivity index (χ0) is 13.2. The topological polar surface area (TPSA) is 44.8 Å². The lowest BCUT2D eigenvalue weighted by Crippen LogP contribution is -2.25. The van der Waals surface area contributed by atoms with E-state index in [4.69, 9.17) is 9.47 Å². The lowest BCUT2D eigenvalue weighted by molar-refractivity contribution is -0.166. The van der Waals surface area contributed by atoms with Gasteiger partial charge in [-0.3, -0.25) is 4.79 Å². The van der Waals surface area contributed by atoms with Gasteiger partial charge >= 0.3 is 5.97 Å². The predicted octanol–water partition coefficient (Wildman–Crippen LogP) is 2.15. The summed E-state index contributed by atoms with van der Waals surface area (Å²) in [5.41, 5.74) is 2.15. The third-order valence-corrected chi connectivity index (χ3v) is 3.13. The molecule has 1 aromatic rings. The third-order valence-electron chi connectivity index (χ3n) is 3.13. The van der Waals surface area contributed by atoms with Crippen LogP contribution in [0.4, 0.5) is 0 Å². The molecule has 0 aromatic heterocycles. The van der Waals surface area contributed by atoms with Crippen LogP contribution in [0.15, 0.2) is 24.3 Å². The Morgan fingerprint density at radius 3 is 2.72 bits per heavy atom. The second-order valence-corrected chi connectivity index (χ2v) is 4.64. The highest BCUT2D eigenvalue weighted by molar-refractivity contribution is 5.69. The van der Waals surface area contributed by atoms with Crippen molar-refractivity contribution in [3.05, 3.63) is 35.4 Å². The smallest absolute Gasteiger partial charge is 0.308 e. The summed E-state index contributed by atoms with van der Waals surface area (Å²) in [4.78, 5) is 11.2. The molecular weight excluding hydrogens is 232 g/mol. The summed E-state index contributed by atoms with van der Waals surface area (Å²) in [5, 5.41) is 0. The van der Waals surface area contributed by atoms with Crippen molar-refractivity contribution in [2.45, 2.75) is 32.2 Å². The molecule has 1 aromatic carbocycles. The number of ether oxygens (including phenoxy) is 3. The Morgan fingerprint density at radius 2 is 2.11 bits per heavy atom. The normalized spacial score (nSPS) is 27.2. The number of esters is 1. The van der Waals surface area contributed by atoms with Crippen LogP contribution in [0.5, 0.6) is 0 Å². The summed E-state index contributed by atoms with van der Waals surface area (Å²) in [6.07, 6.45) is -0.0263. The Morgan fingerprint density at radius 1 is 1.44 bits per heavy atom. The summed E-state index contributed by atoms with van der Waals surface area (Å²) >= 11 is 0. The fraction of sp³-hybridized carbons (Fsp3) is 0.500. The molecule has 1 fully saturated rings. The van der Waals surface area contributed by atoms with Crippen molar-refractivity contribution in [1.29, 1.82) is 0 Å². The Hall–Kier alpha value is -1.39. The van der Waals surface area contributed by atoms with E-state index in [-0.39, 0.29) is 18.5 Å². The molecular formula is C14H18O4. The van der Waals surface area contributed by atoms with Crippen molar-refractivity contribution in [1.82, 2.24) is 0 Å². The highest BCUT2D eigenvalue weighted by Crippen LogP contribution is 2.34. The number of rotatable bonds is 3. The molecule has 1 aliphatic rings. The van der Waals surface area contributed by atoms with Gasteiger partial charge in [0.25, 0.3) is 0 Å². The van der Waals surface area contributed by atoms with Gasteiger partial charge in [0.2, 0.25) is 0 Å². The van der Waals surface area contributed by atoms with Crippen LogP contribution < -0.4 is 0 Å². The van der Waals surface area contributed by atoms with Gasteiger partial charge in [0.15, 0.2) is 5.79 Å². The van der Waals surface area contributed by atoms with Crippen LogP contribution in [0.1, 0.15) is 24.5 Å². The van der Waals surface area contributed by atoms with Gasteiger partial charge in [-0.05, 0) is 13.8 Å². The Kier molecular flexibility index (Phi) is 3.68. The van der Waals surface area contributed by atoms with Gasteiger partial charge < -0.3 is 14.2 Å². The maximum Gasteiger partial charge on any atom is 0.308 e. The fourth-order valence-corrected chi connectivity index (χ4v) is 2.02. The van der Waals surface area contributed by atoms with Crippen LogP contribution in [0.3, 0.4) is 0 Å². The minimum absolute atomic E-state index is 0.220. The van der Waals surface area contributed by atoms with E-state index in [1.165, 1.54) is 12.7 Å². The van der Waals surface area contributed by atoms with E-state index < -0.39 is 5.79 Å². The zero-order valence-corrected chi connectivity index (χ0v) is 10.9. The van der Waals surface area contributed by atoms with Crippen molar-refractivity contribution in [3.8, 4) is 0 Å². The van der Waals surface area contributed by atoms with Crippen molar-refractivity contribution in [2.24, 2.45) is 0 Å². The molecule has 98 valence electrons. The van der Waals surface area contributed by atoms with Gasteiger partial charge in [-0.2, -0.15) is 0 Å². The van der Waals surface area contributed by atoms with E-state index in [9.17, 15) is 4.79 Å². The summed E-state index contributed by atoms with van der Waals surface area (Å²) in [5.74, 6) is -1.05. The number of methoxy groups -OCH3 is 1. The van der Waals surface area contributed by atoms with Crippen LogP contribution in [0, 0.1) is 6.92 Å². The highest BCUT2D eigenvalue weighted by Gasteiger charge is 2.39. The summed E-state index contributed by atoms with van der Waals surface area (Å²) in [6.45, 7) is 4.30. The number of hydrogen-bond donors (Lipinski definition) is 0. The van der Waals surface area contributed by atoms with Crippen LogP contribution in [0.25, 0.3) is 0 Å². The number of carbonyl (C=O) groups excluding carboxylic acids is 1. The minimum atomic E-state index is -0.771. The molecule has 0 bridgehead atoms. The largest absolute Gasteiger partial charge is 0.469 e. The van der Waals surface area contributed by atoms with Crippen molar-refractivity contribution in [2.75, 3.05) is 13.7 Å². The lowest BCUT2D eigenvalue weighted by atomic mass is 10.1. The van der Waals surface area contributed by atoms with E-state index in [0.29, 0.717) is 6.61 Å². The molecule has 0 N–H and O–H groups in total. The Balaban J connectivity index is 2.05. The third kappa shape index (κ3) is 2.71. The number of hydrogen-bond acceptors (Lipinski definition) is 4. The highest BCUT2D eigenvalue weighted by atomic mass is 16.7. The molecule has 4 nitrogen and oxygen atoms in total. The maximum absolute atomic E-state index is 11.2. The van der Waals surface area contributed by atoms with Crippen molar-refractivity contribution in [3.63, 3.8) is 0 Å². The molecule has 0 amide bonds. The SMILES string of the molecule is COC(=O)CC1COC(C)(c2ccc(C)cc2)O1.